The van der Waals surface area contributed by atoms with E-state index in [1.165, 1.54) is 0 Å². The zero-order valence-corrected chi connectivity index (χ0v) is 15.1. The lowest BCUT2D eigenvalue weighted by molar-refractivity contribution is 0.169. The summed E-state index contributed by atoms with van der Waals surface area (Å²) in [6, 6.07) is 5.55. The number of guanidine groups is 1. The number of hydrogen-bond donors (Lipinski definition) is 2. The number of H-pyrrole nitrogens is 1. The molecule has 2 N–H and O–H groups in total. The van der Waals surface area contributed by atoms with Crippen LogP contribution in [0.3, 0.4) is 0 Å². The van der Waals surface area contributed by atoms with Crippen LogP contribution >= 0.6 is 0 Å². The summed E-state index contributed by atoms with van der Waals surface area (Å²) < 4.78 is 10.2. The number of aromatic nitrogens is 4. The predicted molar refractivity (Wildman–Crippen MR) is 97.6 cm³/mol. The van der Waals surface area contributed by atoms with Gasteiger partial charge in [0.1, 0.15) is 12.1 Å². The Morgan fingerprint density at radius 3 is 2.85 bits per heavy atom. The number of aromatic amines is 1. The summed E-state index contributed by atoms with van der Waals surface area (Å²) in [6.45, 7) is 5.00. The summed E-state index contributed by atoms with van der Waals surface area (Å²) in [5, 5.41) is 14.4. The van der Waals surface area contributed by atoms with Gasteiger partial charge in [0.05, 0.1) is 18.5 Å². The molecule has 10 nitrogen and oxygen atoms in total. The Kier molecular flexibility index (Phi) is 5.15. The molecule has 0 radical (unpaired) electrons. The molecular weight excluding hydrogens is 348 g/mol. The second kappa shape index (κ2) is 8.04. The van der Waals surface area contributed by atoms with E-state index in [-0.39, 0.29) is 0 Å². The second-order valence-electron chi connectivity index (χ2n) is 6.24. The Labute approximate surface area is 156 Å². The van der Waals surface area contributed by atoms with Crippen molar-refractivity contribution in [2.75, 3.05) is 33.2 Å². The fourth-order valence-electron chi connectivity index (χ4n) is 3.05. The SMILES string of the molecule is CN=C(NCc1nc(-c2ccco2)n[nH]1)N1CCN(Cc2ccon2)CC1. The van der Waals surface area contributed by atoms with Crippen molar-refractivity contribution < 1.29 is 8.94 Å². The molecular formula is C17H22N8O2. The van der Waals surface area contributed by atoms with Gasteiger partial charge in [-0.25, -0.2) is 4.98 Å². The minimum absolute atomic E-state index is 0.513. The van der Waals surface area contributed by atoms with E-state index in [0.29, 0.717) is 18.1 Å². The lowest BCUT2D eigenvalue weighted by Gasteiger charge is -2.36. The van der Waals surface area contributed by atoms with Crippen molar-refractivity contribution >= 4 is 5.96 Å². The van der Waals surface area contributed by atoms with Gasteiger partial charge in [-0.1, -0.05) is 5.16 Å². The van der Waals surface area contributed by atoms with Gasteiger partial charge in [0.15, 0.2) is 11.7 Å². The highest BCUT2D eigenvalue weighted by molar-refractivity contribution is 5.79. The number of aliphatic imine (C=N–C) groups is 1. The standard InChI is InChI=1S/C17H22N8O2/c1-18-17(19-11-15-20-16(22-21-15)14-3-2-9-26-14)25-7-5-24(6-8-25)12-13-4-10-27-23-13/h2-4,9-10H,5-8,11-12H2,1H3,(H,18,19)(H,20,21,22). The third-order valence-corrected chi connectivity index (χ3v) is 4.45. The maximum Gasteiger partial charge on any atom is 0.216 e. The number of rotatable bonds is 5. The summed E-state index contributed by atoms with van der Waals surface area (Å²) in [4.78, 5) is 13.4. The largest absolute Gasteiger partial charge is 0.461 e. The molecule has 1 aliphatic heterocycles. The molecule has 1 aliphatic rings. The van der Waals surface area contributed by atoms with E-state index < -0.39 is 0 Å². The van der Waals surface area contributed by atoms with Gasteiger partial charge in [-0.05, 0) is 12.1 Å². The lowest BCUT2D eigenvalue weighted by Crippen LogP contribution is -2.52. The van der Waals surface area contributed by atoms with Crippen molar-refractivity contribution in [3.63, 3.8) is 0 Å². The van der Waals surface area contributed by atoms with Crippen LogP contribution in [0.1, 0.15) is 11.5 Å². The van der Waals surface area contributed by atoms with Gasteiger partial charge in [-0.15, -0.1) is 5.10 Å². The number of hydrogen-bond acceptors (Lipinski definition) is 7. The molecule has 142 valence electrons. The zero-order valence-electron chi connectivity index (χ0n) is 15.1. The molecule has 0 amide bonds. The van der Waals surface area contributed by atoms with E-state index in [9.17, 15) is 0 Å². The monoisotopic (exact) mass is 370 g/mol. The summed E-state index contributed by atoms with van der Waals surface area (Å²) in [5.74, 6) is 2.78. The minimum Gasteiger partial charge on any atom is -0.461 e. The first kappa shape index (κ1) is 17.3. The molecule has 0 saturated carbocycles. The van der Waals surface area contributed by atoms with Gasteiger partial charge in [0, 0.05) is 45.8 Å². The van der Waals surface area contributed by atoms with Crippen LogP contribution in [0.4, 0.5) is 0 Å². The fourth-order valence-corrected chi connectivity index (χ4v) is 3.05. The van der Waals surface area contributed by atoms with Gasteiger partial charge in [-0.3, -0.25) is 15.0 Å². The Bertz CT molecular complexity index is 848. The van der Waals surface area contributed by atoms with Crippen LogP contribution in [0.5, 0.6) is 0 Å². The summed E-state index contributed by atoms with van der Waals surface area (Å²) >= 11 is 0. The maximum atomic E-state index is 5.31. The third-order valence-electron chi connectivity index (χ3n) is 4.45. The molecule has 4 rings (SSSR count). The van der Waals surface area contributed by atoms with E-state index in [1.807, 2.05) is 18.2 Å². The zero-order chi connectivity index (χ0) is 18.5. The molecule has 0 spiro atoms. The molecule has 3 aromatic heterocycles. The van der Waals surface area contributed by atoms with Gasteiger partial charge in [0.2, 0.25) is 5.82 Å². The van der Waals surface area contributed by atoms with Crippen molar-refractivity contribution in [2.45, 2.75) is 13.1 Å². The molecule has 10 heteroatoms. The van der Waals surface area contributed by atoms with Crippen LogP contribution < -0.4 is 5.32 Å². The van der Waals surface area contributed by atoms with Crippen LogP contribution in [0.15, 0.2) is 44.7 Å². The Morgan fingerprint density at radius 2 is 2.15 bits per heavy atom. The molecule has 3 aromatic rings. The number of nitrogens with one attached hydrogen (secondary N) is 2. The predicted octanol–water partition coefficient (Wildman–Crippen LogP) is 0.946. The second-order valence-corrected chi connectivity index (χ2v) is 6.24. The van der Waals surface area contributed by atoms with Gasteiger partial charge < -0.3 is 19.2 Å². The Morgan fingerprint density at radius 1 is 1.26 bits per heavy atom. The first-order valence-electron chi connectivity index (χ1n) is 8.84. The van der Waals surface area contributed by atoms with Crippen molar-refractivity contribution in [3.05, 3.63) is 42.2 Å². The molecule has 4 heterocycles. The first-order chi connectivity index (χ1) is 13.3. The van der Waals surface area contributed by atoms with E-state index in [1.54, 1.807) is 19.6 Å². The van der Waals surface area contributed by atoms with E-state index >= 15 is 0 Å². The fraction of sp³-hybridized carbons (Fsp3) is 0.412. The highest BCUT2D eigenvalue weighted by Crippen LogP contribution is 2.14. The molecule has 0 bridgehead atoms. The van der Waals surface area contributed by atoms with Crippen molar-refractivity contribution in [1.29, 1.82) is 0 Å². The van der Waals surface area contributed by atoms with E-state index in [0.717, 1.165) is 50.2 Å². The number of furan rings is 1. The van der Waals surface area contributed by atoms with E-state index in [2.05, 4.69) is 40.4 Å². The number of piperazine rings is 1. The molecule has 1 fully saturated rings. The van der Waals surface area contributed by atoms with Gasteiger partial charge in [0.25, 0.3) is 0 Å². The van der Waals surface area contributed by atoms with Gasteiger partial charge in [-0.2, -0.15) is 0 Å². The molecule has 27 heavy (non-hydrogen) atoms. The van der Waals surface area contributed by atoms with Crippen LogP contribution in [-0.4, -0.2) is 69.3 Å². The van der Waals surface area contributed by atoms with Crippen LogP contribution in [0, 0.1) is 0 Å². The van der Waals surface area contributed by atoms with Gasteiger partial charge >= 0.3 is 0 Å². The summed E-state index contributed by atoms with van der Waals surface area (Å²) in [5.41, 5.74) is 0.962. The maximum absolute atomic E-state index is 5.31. The molecule has 0 unspecified atom stereocenters. The lowest BCUT2D eigenvalue weighted by atomic mass is 10.3. The van der Waals surface area contributed by atoms with Crippen LogP contribution in [-0.2, 0) is 13.1 Å². The van der Waals surface area contributed by atoms with Crippen LogP contribution in [0.2, 0.25) is 0 Å². The highest BCUT2D eigenvalue weighted by atomic mass is 16.5. The van der Waals surface area contributed by atoms with Crippen molar-refractivity contribution in [1.82, 2.24) is 35.5 Å². The van der Waals surface area contributed by atoms with Crippen molar-refractivity contribution in [3.8, 4) is 11.6 Å². The number of nitrogens with zero attached hydrogens (tertiary/aromatic N) is 6. The average molecular weight is 370 g/mol. The van der Waals surface area contributed by atoms with Crippen LogP contribution in [0.25, 0.3) is 11.6 Å². The molecule has 0 aliphatic carbocycles. The smallest absolute Gasteiger partial charge is 0.216 e. The van der Waals surface area contributed by atoms with E-state index in [4.69, 9.17) is 8.94 Å². The third kappa shape index (κ3) is 4.17. The molecule has 0 atom stereocenters. The highest BCUT2D eigenvalue weighted by Gasteiger charge is 2.20. The Balaban J connectivity index is 1.27. The Hall–Kier alpha value is -3.14. The average Bonchev–Trinajstić information content (AvgIpc) is 3.46. The molecule has 1 saturated heterocycles. The van der Waals surface area contributed by atoms with Crippen molar-refractivity contribution in [2.24, 2.45) is 4.99 Å². The first-order valence-corrected chi connectivity index (χ1v) is 8.84. The summed E-state index contributed by atoms with van der Waals surface area (Å²) in [7, 11) is 1.79. The normalized spacial score (nSPS) is 16.0. The summed E-state index contributed by atoms with van der Waals surface area (Å²) in [6.07, 6.45) is 3.21. The molecule has 0 aromatic carbocycles. The quantitative estimate of drug-likeness (QED) is 0.504. The minimum atomic E-state index is 0.513. The topological polar surface area (TPSA) is 112 Å².